The normalized spacial score (nSPS) is 19.8. The molecule has 4 rings (SSSR count). The van der Waals surface area contributed by atoms with Crippen LogP contribution < -0.4 is 5.73 Å². The quantitative estimate of drug-likeness (QED) is 0.637. The van der Waals surface area contributed by atoms with Gasteiger partial charge in [-0.05, 0) is 63.0 Å². The van der Waals surface area contributed by atoms with Crippen molar-refractivity contribution in [2.75, 3.05) is 31.9 Å². The first-order valence-electron chi connectivity index (χ1n) is 11.1. The summed E-state index contributed by atoms with van der Waals surface area (Å²) >= 11 is 1.31. The number of halogens is 1. The van der Waals surface area contributed by atoms with Crippen molar-refractivity contribution in [1.29, 1.82) is 0 Å². The summed E-state index contributed by atoms with van der Waals surface area (Å²) in [5.74, 6) is -0.0234. The van der Waals surface area contributed by atoms with Crippen LogP contribution in [0.5, 0.6) is 0 Å². The molecule has 2 fully saturated rings. The molecule has 172 valence electrons. The Morgan fingerprint density at radius 3 is 2.53 bits per heavy atom. The monoisotopic (exact) mass is 460 g/mol. The fourth-order valence-corrected chi connectivity index (χ4v) is 5.19. The number of likely N-dealkylation sites (tertiary alicyclic amines) is 2. The SMILES string of the molecule is NC(=O)C1CCCN(C(=O)CSc2nnc(CN3CCCCC3)n2-c2ccc(F)cc2)C1. The van der Waals surface area contributed by atoms with Crippen LogP contribution >= 0.6 is 11.8 Å². The van der Waals surface area contributed by atoms with Crippen LogP contribution in [0.15, 0.2) is 29.4 Å². The van der Waals surface area contributed by atoms with Crippen LogP contribution in [-0.4, -0.2) is 68.3 Å². The van der Waals surface area contributed by atoms with Gasteiger partial charge in [-0.2, -0.15) is 0 Å². The molecule has 0 aliphatic carbocycles. The molecule has 0 bridgehead atoms. The number of hydrogen-bond donors (Lipinski definition) is 1. The molecule has 2 aliphatic rings. The third-order valence-electron chi connectivity index (χ3n) is 6.10. The lowest BCUT2D eigenvalue weighted by atomic mass is 9.97. The molecule has 2 aromatic rings. The first-order chi connectivity index (χ1) is 15.5. The van der Waals surface area contributed by atoms with Crippen molar-refractivity contribution in [3.05, 3.63) is 35.9 Å². The summed E-state index contributed by atoms with van der Waals surface area (Å²) in [6.45, 7) is 3.71. The van der Waals surface area contributed by atoms with E-state index in [2.05, 4.69) is 15.1 Å². The second-order valence-corrected chi connectivity index (χ2v) is 9.36. The number of nitrogens with zero attached hydrogens (tertiary/aromatic N) is 5. The summed E-state index contributed by atoms with van der Waals surface area (Å²) in [6, 6.07) is 6.23. The zero-order chi connectivity index (χ0) is 22.5. The van der Waals surface area contributed by atoms with Crippen LogP contribution in [0.2, 0.25) is 0 Å². The molecule has 10 heteroatoms. The number of aromatic nitrogens is 3. The fraction of sp³-hybridized carbons (Fsp3) is 0.545. The maximum Gasteiger partial charge on any atom is 0.233 e. The lowest BCUT2D eigenvalue weighted by molar-refractivity contribution is -0.132. The lowest BCUT2D eigenvalue weighted by Crippen LogP contribution is -2.44. The van der Waals surface area contributed by atoms with E-state index in [0.717, 1.165) is 37.4 Å². The minimum Gasteiger partial charge on any atom is -0.369 e. The molecular weight excluding hydrogens is 431 g/mol. The molecule has 3 heterocycles. The highest BCUT2D eigenvalue weighted by Crippen LogP contribution is 2.25. The summed E-state index contributed by atoms with van der Waals surface area (Å²) in [4.78, 5) is 28.4. The average Bonchev–Trinajstić information content (AvgIpc) is 3.21. The van der Waals surface area contributed by atoms with E-state index in [4.69, 9.17) is 5.73 Å². The number of carbonyl (C=O) groups is 2. The number of hydrogen-bond acceptors (Lipinski definition) is 6. The largest absolute Gasteiger partial charge is 0.369 e. The van der Waals surface area contributed by atoms with Crippen LogP contribution in [0.4, 0.5) is 4.39 Å². The average molecular weight is 461 g/mol. The maximum absolute atomic E-state index is 13.5. The Hall–Kier alpha value is -2.46. The molecule has 0 spiro atoms. The van der Waals surface area contributed by atoms with Gasteiger partial charge in [-0.25, -0.2) is 4.39 Å². The smallest absolute Gasteiger partial charge is 0.233 e. The van der Waals surface area contributed by atoms with Gasteiger partial charge in [-0.3, -0.25) is 19.1 Å². The molecule has 1 atom stereocenters. The Morgan fingerprint density at radius 1 is 1.06 bits per heavy atom. The first kappa shape index (κ1) is 22.7. The van der Waals surface area contributed by atoms with E-state index < -0.39 is 0 Å². The number of amides is 2. The molecule has 2 aliphatic heterocycles. The summed E-state index contributed by atoms with van der Waals surface area (Å²) in [5, 5.41) is 9.35. The Kier molecular flexibility index (Phi) is 7.41. The zero-order valence-electron chi connectivity index (χ0n) is 18.1. The number of thioether (sulfide) groups is 1. The van der Waals surface area contributed by atoms with Gasteiger partial charge in [0.05, 0.1) is 18.2 Å². The molecule has 2 N–H and O–H groups in total. The first-order valence-corrected chi connectivity index (χ1v) is 12.1. The third-order valence-corrected chi connectivity index (χ3v) is 7.01. The van der Waals surface area contributed by atoms with Crippen LogP contribution in [0, 0.1) is 11.7 Å². The summed E-state index contributed by atoms with van der Waals surface area (Å²) in [5.41, 5.74) is 6.20. The van der Waals surface area contributed by atoms with Crippen LogP contribution in [-0.2, 0) is 16.1 Å². The Bertz CT molecular complexity index is 944. The number of benzene rings is 1. The van der Waals surface area contributed by atoms with Crippen LogP contribution in [0.25, 0.3) is 5.69 Å². The van der Waals surface area contributed by atoms with E-state index in [1.165, 1.54) is 43.2 Å². The predicted molar refractivity (Wildman–Crippen MR) is 120 cm³/mol. The summed E-state index contributed by atoms with van der Waals surface area (Å²) in [6.07, 6.45) is 5.09. The number of rotatable bonds is 7. The molecule has 0 saturated carbocycles. The van der Waals surface area contributed by atoms with Crippen molar-refractivity contribution in [2.24, 2.45) is 11.7 Å². The van der Waals surface area contributed by atoms with Gasteiger partial charge in [0.2, 0.25) is 11.8 Å². The van der Waals surface area contributed by atoms with Crippen LogP contribution in [0.3, 0.4) is 0 Å². The maximum atomic E-state index is 13.5. The van der Waals surface area contributed by atoms with E-state index in [1.54, 1.807) is 17.0 Å². The molecule has 1 unspecified atom stereocenters. The highest BCUT2D eigenvalue weighted by Gasteiger charge is 2.27. The van der Waals surface area contributed by atoms with E-state index in [1.807, 2.05) is 4.57 Å². The van der Waals surface area contributed by atoms with Gasteiger partial charge in [0.25, 0.3) is 0 Å². The van der Waals surface area contributed by atoms with Crippen LogP contribution in [0.1, 0.15) is 37.9 Å². The second kappa shape index (κ2) is 10.4. The minimum absolute atomic E-state index is 0.0489. The summed E-state index contributed by atoms with van der Waals surface area (Å²) in [7, 11) is 0. The van der Waals surface area contributed by atoms with E-state index >= 15 is 0 Å². The van der Waals surface area contributed by atoms with Crippen molar-refractivity contribution >= 4 is 23.6 Å². The van der Waals surface area contributed by atoms with Crippen molar-refractivity contribution in [3.8, 4) is 5.69 Å². The van der Waals surface area contributed by atoms with Gasteiger partial charge in [0, 0.05) is 18.8 Å². The van der Waals surface area contributed by atoms with Crippen molar-refractivity contribution in [3.63, 3.8) is 0 Å². The van der Waals surface area contributed by atoms with E-state index in [0.29, 0.717) is 24.8 Å². The molecule has 0 radical (unpaired) electrons. The molecule has 1 aromatic heterocycles. The van der Waals surface area contributed by atoms with Gasteiger partial charge in [0.15, 0.2) is 11.0 Å². The Balaban J connectivity index is 1.49. The number of primary amides is 1. The molecule has 2 amide bonds. The molecular formula is C22H29FN6O2S. The van der Waals surface area contributed by atoms with E-state index in [9.17, 15) is 14.0 Å². The van der Waals surface area contributed by atoms with Crippen molar-refractivity contribution in [2.45, 2.75) is 43.8 Å². The topological polar surface area (TPSA) is 97.3 Å². The highest BCUT2D eigenvalue weighted by molar-refractivity contribution is 7.99. The van der Waals surface area contributed by atoms with Gasteiger partial charge < -0.3 is 10.6 Å². The van der Waals surface area contributed by atoms with Gasteiger partial charge >= 0.3 is 0 Å². The van der Waals surface area contributed by atoms with Gasteiger partial charge in [-0.1, -0.05) is 18.2 Å². The number of carbonyl (C=O) groups excluding carboxylic acids is 2. The van der Waals surface area contributed by atoms with Crippen molar-refractivity contribution < 1.29 is 14.0 Å². The van der Waals surface area contributed by atoms with Gasteiger partial charge in [-0.15, -0.1) is 10.2 Å². The van der Waals surface area contributed by atoms with E-state index in [-0.39, 0.29) is 29.3 Å². The number of piperidine rings is 2. The second-order valence-electron chi connectivity index (χ2n) is 8.42. The fourth-order valence-electron chi connectivity index (χ4n) is 4.32. The van der Waals surface area contributed by atoms with Gasteiger partial charge in [0.1, 0.15) is 5.82 Å². The Morgan fingerprint density at radius 2 is 1.81 bits per heavy atom. The standard InChI is InChI=1S/C22H29FN6O2S/c23-17-6-8-18(9-7-17)29-19(14-27-10-2-1-3-11-27)25-26-22(29)32-15-20(30)28-12-4-5-16(13-28)21(24)31/h6-9,16H,1-5,10-15H2,(H2,24,31). The molecule has 2 saturated heterocycles. The third kappa shape index (κ3) is 5.47. The number of nitrogens with two attached hydrogens (primary N) is 1. The summed E-state index contributed by atoms with van der Waals surface area (Å²) < 4.78 is 15.4. The van der Waals surface area contributed by atoms with Crippen molar-refractivity contribution in [1.82, 2.24) is 24.6 Å². The predicted octanol–water partition coefficient (Wildman–Crippen LogP) is 2.21. The molecule has 1 aromatic carbocycles. The molecule has 32 heavy (non-hydrogen) atoms. The zero-order valence-corrected chi connectivity index (χ0v) is 18.9. The highest BCUT2D eigenvalue weighted by atomic mass is 32.2. The Labute approximate surface area is 191 Å². The molecule has 8 nitrogen and oxygen atoms in total. The lowest BCUT2D eigenvalue weighted by Gasteiger charge is -2.31. The minimum atomic E-state index is -0.353.